The van der Waals surface area contributed by atoms with E-state index in [4.69, 9.17) is 0 Å². The number of thiazole rings is 1. The summed E-state index contributed by atoms with van der Waals surface area (Å²) in [7, 11) is 1.80. The molecule has 30 heavy (non-hydrogen) atoms. The Hall–Kier alpha value is -2.15. The van der Waals surface area contributed by atoms with Crippen molar-refractivity contribution in [2.45, 2.75) is 57.0 Å². The molecule has 1 aromatic carbocycles. The first-order valence-electron chi connectivity index (χ1n) is 11.1. The number of carbonyl (C=O) groups is 2. The van der Waals surface area contributed by atoms with Gasteiger partial charge in [0.15, 0.2) is 0 Å². The number of nitrogens with zero attached hydrogens (tertiary/aromatic N) is 2. The number of para-hydroxylation sites is 1. The quantitative estimate of drug-likeness (QED) is 0.735. The normalized spacial score (nSPS) is 29.2. The molecule has 6 nitrogen and oxygen atoms in total. The summed E-state index contributed by atoms with van der Waals surface area (Å²) in [5.74, 6) is 2.42. The molecule has 4 saturated carbocycles. The van der Waals surface area contributed by atoms with Crippen molar-refractivity contribution < 1.29 is 9.59 Å². The van der Waals surface area contributed by atoms with Crippen LogP contribution in [-0.2, 0) is 11.3 Å². The molecule has 0 saturated heterocycles. The molecule has 4 fully saturated rings. The number of carbonyl (C=O) groups excluding carboxylic acids is 2. The van der Waals surface area contributed by atoms with Crippen LogP contribution in [0.25, 0.3) is 10.2 Å². The van der Waals surface area contributed by atoms with Crippen molar-refractivity contribution in [2.75, 3.05) is 13.6 Å². The fraction of sp³-hybridized carbons (Fsp3) is 0.609. The smallest absolute Gasteiger partial charge is 0.315 e. The van der Waals surface area contributed by atoms with Crippen LogP contribution in [0.5, 0.6) is 0 Å². The summed E-state index contributed by atoms with van der Waals surface area (Å²) >= 11 is 1.62. The van der Waals surface area contributed by atoms with Gasteiger partial charge in [-0.2, -0.15) is 0 Å². The van der Waals surface area contributed by atoms with Crippen molar-refractivity contribution in [3.8, 4) is 0 Å². The highest BCUT2D eigenvalue weighted by Gasteiger charge is 2.51. The van der Waals surface area contributed by atoms with E-state index in [-0.39, 0.29) is 17.5 Å². The lowest BCUT2D eigenvalue weighted by Gasteiger charge is -2.56. The predicted molar refractivity (Wildman–Crippen MR) is 118 cm³/mol. The zero-order valence-electron chi connectivity index (χ0n) is 17.5. The van der Waals surface area contributed by atoms with Crippen LogP contribution < -0.4 is 10.6 Å². The molecule has 0 spiro atoms. The van der Waals surface area contributed by atoms with E-state index >= 15 is 0 Å². The lowest BCUT2D eigenvalue weighted by atomic mass is 9.53. The number of aromatic nitrogens is 1. The molecule has 0 unspecified atom stereocenters. The van der Waals surface area contributed by atoms with E-state index < -0.39 is 0 Å². The molecule has 1 heterocycles. The van der Waals surface area contributed by atoms with Gasteiger partial charge in [0.2, 0.25) is 5.91 Å². The first-order chi connectivity index (χ1) is 14.5. The maximum atomic E-state index is 12.5. The van der Waals surface area contributed by atoms with E-state index in [1.165, 1.54) is 19.3 Å². The lowest BCUT2D eigenvalue weighted by molar-refractivity contribution is -0.130. The number of fused-ring (bicyclic) bond motifs is 1. The van der Waals surface area contributed by atoms with E-state index in [2.05, 4.69) is 15.6 Å². The third-order valence-electron chi connectivity index (χ3n) is 7.18. The molecule has 160 valence electrons. The molecule has 2 aromatic rings. The fourth-order valence-electron chi connectivity index (χ4n) is 6.30. The number of urea groups is 1. The average Bonchev–Trinajstić information content (AvgIpc) is 3.08. The number of nitrogens with one attached hydrogen (secondary N) is 2. The van der Waals surface area contributed by atoms with Gasteiger partial charge in [0.1, 0.15) is 5.01 Å². The monoisotopic (exact) mass is 426 g/mol. The summed E-state index contributed by atoms with van der Waals surface area (Å²) in [6.07, 6.45) is 7.78. The Kier molecular flexibility index (Phi) is 5.17. The van der Waals surface area contributed by atoms with Gasteiger partial charge in [0.05, 0.1) is 16.8 Å². The van der Waals surface area contributed by atoms with Crippen LogP contribution in [0.3, 0.4) is 0 Å². The first kappa shape index (κ1) is 19.8. The Morgan fingerprint density at radius 1 is 1.13 bits per heavy atom. The summed E-state index contributed by atoms with van der Waals surface area (Å²) in [6, 6.07) is 7.90. The Balaban J connectivity index is 1.08. The average molecular weight is 427 g/mol. The van der Waals surface area contributed by atoms with E-state index in [0.29, 0.717) is 19.5 Å². The van der Waals surface area contributed by atoms with Crippen LogP contribution >= 0.6 is 11.3 Å². The highest BCUT2D eigenvalue weighted by atomic mass is 32.1. The Labute approximate surface area is 181 Å². The summed E-state index contributed by atoms with van der Waals surface area (Å²) in [6.45, 7) is 0.860. The van der Waals surface area contributed by atoms with Crippen molar-refractivity contribution in [1.82, 2.24) is 20.5 Å². The Morgan fingerprint density at radius 2 is 1.80 bits per heavy atom. The van der Waals surface area contributed by atoms with Crippen molar-refractivity contribution in [3.63, 3.8) is 0 Å². The van der Waals surface area contributed by atoms with Crippen LogP contribution in [-0.4, -0.2) is 41.0 Å². The van der Waals surface area contributed by atoms with Crippen molar-refractivity contribution >= 4 is 33.5 Å². The second-order valence-electron chi connectivity index (χ2n) is 9.65. The minimum absolute atomic E-state index is 0.00643. The molecule has 4 aliphatic rings. The molecule has 0 aliphatic heterocycles. The van der Waals surface area contributed by atoms with Crippen molar-refractivity contribution in [2.24, 2.45) is 17.8 Å². The van der Waals surface area contributed by atoms with Gasteiger partial charge in [-0.15, -0.1) is 11.3 Å². The van der Waals surface area contributed by atoms with E-state index in [9.17, 15) is 9.59 Å². The van der Waals surface area contributed by atoms with Gasteiger partial charge < -0.3 is 15.5 Å². The zero-order chi connectivity index (χ0) is 20.7. The van der Waals surface area contributed by atoms with Crippen LogP contribution in [0, 0.1) is 17.8 Å². The van der Waals surface area contributed by atoms with Gasteiger partial charge in [-0.25, -0.2) is 9.78 Å². The van der Waals surface area contributed by atoms with Crippen LogP contribution in [0.15, 0.2) is 24.3 Å². The second-order valence-corrected chi connectivity index (χ2v) is 10.8. The second kappa shape index (κ2) is 7.84. The molecule has 7 heteroatoms. The van der Waals surface area contributed by atoms with Gasteiger partial charge in [-0.3, -0.25) is 4.79 Å². The van der Waals surface area contributed by atoms with Gasteiger partial charge in [-0.1, -0.05) is 12.1 Å². The van der Waals surface area contributed by atoms with Gasteiger partial charge in [0, 0.05) is 25.6 Å². The van der Waals surface area contributed by atoms with Gasteiger partial charge in [0.25, 0.3) is 0 Å². The summed E-state index contributed by atoms with van der Waals surface area (Å²) in [5, 5.41) is 7.15. The highest BCUT2D eigenvalue weighted by Crippen LogP contribution is 2.55. The standard InChI is InChI=1S/C23H30N4O2S/c1-27(14-20-25-18-4-2-3-5-19(18)30-20)21(28)6-7-24-22(29)26-23-11-15-8-16(12-23)10-17(9-15)13-23/h2-5,15-17H,6-14H2,1H3,(H2,24,26,29). The molecule has 0 atom stereocenters. The summed E-state index contributed by atoms with van der Waals surface area (Å²) in [4.78, 5) is 31.3. The van der Waals surface area contributed by atoms with E-state index in [1.807, 2.05) is 24.3 Å². The Bertz CT molecular complexity index is 887. The lowest BCUT2D eigenvalue weighted by Crippen LogP contribution is -2.61. The van der Waals surface area contributed by atoms with E-state index in [0.717, 1.165) is 52.2 Å². The molecular weight excluding hydrogens is 396 g/mol. The third kappa shape index (κ3) is 4.04. The largest absolute Gasteiger partial charge is 0.339 e. The van der Waals surface area contributed by atoms with Gasteiger partial charge in [-0.05, 0) is 68.4 Å². The molecule has 2 N–H and O–H groups in total. The molecular formula is C23H30N4O2S. The highest BCUT2D eigenvalue weighted by molar-refractivity contribution is 7.18. The SMILES string of the molecule is CN(Cc1nc2ccccc2s1)C(=O)CCNC(=O)NC12CC3CC(CC(C3)C1)C2. The zero-order valence-corrected chi connectivity index (χ0v) is 18.3. The topological polar surface area (TPSA) is 74.3 Å². The minimum atomic E-state index is -0.112. The maximum Gasteiger partial charge on any atom is 0.315 e. The molecule has 0 radical (unpaired) electrons. The van der Waals surface area contributed by atoms with Crippen LogP contribution in [0.4, 0.5) is 4.79 Å². The van der Waals surface area contributed by atoms with E-state index in [1.54, 1.807) is 23.3 Å². The Morgan fingerprint density at radius 3 is 2.47 bits per heavy atom. The molecule has 6 rings (SSSR count). The summed E-state index contributed by atoms with van der Waals surface area (Å²) < 4.78 is 1.14. The molecule has 4 bridgehead atoms. The van der Waals surface area contributed by atoms with Crippen LogP contribution in [0.1, 0.15) is 50.0 Å². The number of rotatable bonds is 6. The number of amides is 3. The molecule has 4 aliphatic carbocycles. The summed E-state index contributed by atoms with van der Waals surface area (Å²) in [5.41, 5.74) is 0.980. The minimum Gasteiger partial charge on any atom is -0.339 e. The number of hydrogen-bond acceptors (Lipinski definition) is 4. The number of benzene rings is 1. The van der Waals surface area contributed by atoms with Gasteiger partial charge >= 0.3 is 6.03 Å². The maximum absolute atomic E-state index is 12.5. The molecule has 3 amide bonds. The van der Waals surface area contributed by atoms with Crippen molar-refractivity contribution in [1.29, 1.82) is 0 Å². The van der Waals surface area contributed by atoms with Crippen molar-refractivity contribution in [3.05, 3.63) is 29.3 Å². The fourth-order valence-corrected chi connectivity index (χ4v) is 7.32. The molecule has 1 aromatic heterocycles. The van der Waals surface area contributed by atoms with Crippen LogP contribution in [0.2, 0.25) is 0 Å². The first-order valence-corrected chi connectivity index (χ1v) is 11.9. The number of hydrogen-bond donors (Lipinski definition) is 2. The third-order valence-corrected chi connectivity index (χ3v) is 8.20. The predicted octanol–water partition coefficient (Wildman–Crippen LogP) is 3.91.